The first kappa shape index (κ1) is 20.6. The summed E-state index contributed by atoms with van der Waals surface area (Å²) in [5, 5.41) is 13.3. The first-order valence-electron chi connectivity index (χ1n) is 11.0. The highest BCUT2D eigenvalue weighted by Gasteiger charge is 2.53. The maximum Gasteiger partial charge on any atom is 0.407 e. The molecule has 0 spiro atoms. The van der Waals surface area contributed by atoms with Crippen LogP contribution in [0.15, 0.2) is 30.3 Å². The van der Waals surface area contributed by atoms with Crippen molar-refractivity contribution in [3.63, 3.8) is 0 Å². The molecule has 4 atom stereocenters. The van der Waals surface area contributed by atoms with Crippen LogP contribution in [0.5, 0.6) is 0 Å². The largest absolute Gasteiger partial charge is 0.465 e. The summed E-state index contributed by atoms with van der Waals surface area (Å²) in [4.78, 5) is 15.7. The molecule has 2 saturated heterocycles. The van der Waals surface area contributed by atoms with Gasteiger partial charge in [0.1, 0.15) is 5.67 Å². The molecular weight excluding hydrogens is 369 g/mol. The Balaban J connectivity index is 1.41. The molecule has 2 unspecified atom stereocenters. The molecule has 2 aliphatic heterocycles. The number of rotatable bonds is 5. The van der Waals surface area contributed by atoms with Gasteiger partial charge in [-0.15, -0.1) is 0 Å². The molecule has 1 aliphatic carbocycles. The fraction of sp³-hybridized carbons (Fsp3) is 0.696. The van der Waals surface area contributed by atoms with Crippen molar-refractivity contribution in [2.24, 2.45) is 5.92 Å². The molecule has 2 N–H and O–H groups in total. The van der Waals surface area contributed by atoms with Gasteiger partial charge in [-0.1, -0.05) is 30.3 Å². The Morgan fingerprint density at radius 2 is 1.93 bits per heavy atom. The van der Waals surface area contributed by atoms with Crippen LogP contribution in [-0.4, -0.2) is 71.5 Å². The highest BCUT2D eigenvalue weighted by Crippen LogP contribution is 2.46. The number of hydrogen-bond donors (Lipinski definition) is 2. The lowest BCUT2D eigenvalue weighted by molar-refractivity contribution is -0.0612. The average Bonchev–Trinajstić information content (AvgIpc) is 3.47. The van der Waals surface area contributed by atoms with Gasteiger partial charge < -0.3 is 20.2 Å². The fourth-order valence-corrected chi connectivity index (χ4v) is 5.66. The number of benzene rings is 1. The first-order valence-corrected chi connectivity index (χ1v) is 11.0. The van der Waals surface area contributed by atoms with E-state index in [1.54, 1.807) is 0 Å². The van der Waals surface area contributed by atoms with Crippen LogP contribution in [0.25, 0.3) is 0 Å². The monoisotopic (exact) mass is 403 g/mol. The molecule has 3 aliphatic rings. The molecule has 0 aromatic heterocycles. The molecule has 1 aromatic carbocycles. The van der Waals surface area contributed by atoms with Gasteiger partial charge in [0.15, 0.2) is 0 Å². The van der Waals surface area contributed by atoms with Crippen molar-refractivity contribution in [3.8, 4) is 0 Å². The summed E-state index contributed by atoms with van der Waals surface area (Å²) in [5.41, 5.74) is -0.673. The van der Waals surface area contributed by atoms with E-state index in [0.717, 1.165) is 32.4 Å². The van der Waals surface area contributed by atoms with Crippen LogP contribution in [0.4, 0.5) is 9.18 Å². The maximum atomic E-state index is 16.0. The topological polar surface area (TPSA) is 55.8 Å². The van der Waals surface area contributed by atoms with Gasteiger partial charge in [0, 0.05) is 43.4 Å². The minimum atomic E-state index is -1.35. The summed E-state index contributed by atoms with van der Waals surface area (Å²) in [6.45, 7) is 4.48. The first-order chi connectivity index (χ1) is 13.8. The van der Waals surface area contributed by atoms with Crippen LogP contribution >= 0.6 is 0 Å². The Morgan fingerprint density at radius 3 is 2.59 bits per heavy atom. The van der Waals surface area contributed by atoms with Crippen molar-refractivity contribution in [2.45, 2.75) is 62.2 Å². The lowest BCUT2D eigenvalue weighted by Gasteiger charge is -2.54. The zero-order valence-corrected chi connectivity index (χ0v) is 17.6. The summed E-state index contributed by atoms with van der Waals surface area (Å²) in [6.07, 6.45) is 2.56. The molecule has 1 aromatic rings. The smallest absolute Gasteiger partial charge is 0.407 e. The normalized spacial score (nSPS) is 36.2. The van der Waals surface area contributed by atoms with E-state index in [2.05, 4.69) is 41.5 Å². The minimum Gasteiger partial charge on any atom is -0.465 e. The zero-order valence-electron chi connectivity index (χ0n) is 17.6. The summed E-state index contributed by atoms with van der Waals surface area (Å²) in [7, 11) is 2.09. The van der Waals surface area contributed by atoms with Crippen molar-refractivity contribution >= 4 is 6.09 Å². The average molecular weight is 404 g/mol. The van der Waals surface area contributed by atoms with Gasteiger partial charge in [0.05, 0.1) is 0 Å². The van der Waals surface area contributed by atoms with Crippen molar-refractivity contribution in [3.05, 3.63) is 35.9 Å². The SMILES string of the molecule is CN1CCC(C2(C)CC(F)(CN[C@@H]3C[C@H]3c3ccccc3)CCN2C(=O)O)CC1. The Bertz CT molecular complexity index is 724. The molecule has 2 heterocycles. The highest BCUT2D eigenvalue weighted by molar-refractivity contribution is 5.66. The van der Waals surface area contributed by atoms with E-state index in [0.29, 0.717) is 18.5 Å². The maximum absolute atomic E-state index is 16.0. The van der Waals surface area contributed by atoms with E-state index in [9.17, 15) is 9.90 Å². The molecule has 0 radical (unpaired) electrons. The number of likely N-dealkylation sites (tertiary alicyclic amines) is 2. The van der Waals surface area contributed by atoms with Crippen molar-refractivity contribution in [1.29, 1.82) is 0 Å². The number of nitrogens with one attached hydrogen (secondary N) is 1. The lowest BCUT2D eigenvalue weighted by atomic mass is 9.69. The Morgan fingerprint density at radius 1 is 1.24 bits per heavy atom. The van der Waals surface area contributed by atoms with Crippen molar-refractivity contribution in [2.75, 3.05) is 33.2 Å². The molecule has 160 valence electrons. The van der Waals surface area contributed by atoms with E-state index < -0.39 is 17.3 Å². The van der Waals surface area contributed by atoms with Gasteiger partial charge in [0.25, 0.3) is 0 Å². The second kappa shape index (κ2) is 7.88. The van der Waals surface area contributed by atoms with E-state index >= 15 is 4.39 Å². The second-order valence-corrected chi connectivity index (χ2v) is 9.69. The predicted molar refractivity (Wildman–Crippen MR) is 112 cm³/mol. The highest BCUT2D eigenvalue weighted by atomic mass is 19.1. The number of carbonyl (C=O) groups is 1. The molecule has 6 heteroatoms. The summed E-state index contributed by atoms with van der Waals surface area (Å²) in [6, 6.07) is 10.7. The van der Waals surface area contributed by atoms with Crippen LogP contribution in [0.1, 0.15) is 50.5 Å². The molecule has 1 saturated carbocycles. The minimum absolute atomic E-state index is 0.211. The van der Waals surface area contributed by atoms with Crippen LogP contribution in [-0.2, 0) is 0 Å². The van der Waals surface area contributed by atoms with E-state index in [1.165, 1.54) is 10.5 Å². The number of amides is 1. The van der Waals surface area contributed by atoms with Crippen LogP contribution < -0.4 is 5.32 Å². The van der Waals surface area contributed by atoms with Crippen molar-refractivity contribution < 1.29 is 14.3 Å². The quantitative estimate of drug-likeness (QED) is 0.787. The standard InChI is InChI=1S/C23H34FN3O2/c1-22(18-8-11-26(2)12-9-18)15-23(24,10-13-27(22)21(28)29)16-25-20-14-19(20)17-6-4-3-5-7-17/h3-7,18-20,25H,8-16H2,1-2H3,(H,28,29)/t19-,20+,22?,23?/m0/s1. The third-order valence-corrected chi connectivity index (χ3v) is 7.60. The van der Waals surface area contributed by atoms with Gasteiger partial charge in [-0.2, -0.15) is 0 Å². The molecule has 4 rings (SSSR count). The van der Waals surface area contributed by atoms with Gasteiger partial charge in [0.2, 0.25) is 0 Å². The second-order valence-electron chi connectivity index (χ2n) is 9.69. The van der Waals surface area contributed by atoms with Gasteiger partial charge in [-0.05, 0) is 57.8 Å². The van der Waals surface area contributed by atoms with Crippen LogP contribution in [0.2, 0.25) is 0 Å². The van der Waals surface area contributed by atoms with Crippen LogP contribution in [0, 0.1) is 5.92 Å². The van der Waals surface area contributed by atoms with Crippen LogP contribution in [0.3, 0.4) is 0 Å². The Hall–Kier alpha value is -1.66. The predicted octanol–water partition coefficient (Wildman–Crippen LogP) is 3.71. The lowest BCUT2D eigenvalue weighted by Crippen LogP contribution is -2.64. The van der Waals surface area contributed by atoms with Gasteiger partial charge >= 0.3 is 6.09 Å². The number of halogens is 1. The number of carboxylic acid groups (broad SMARTS) is 1. The number of alkyl halides is 1. The van der Waals surface area contributed by atoms with Crippen molar-refractivity contribution in [1.82, 2.24) is 15.1 Å². The fourth-order valence-electron chi connectivity index (χ4n) is 5.66. The molecule has 1 amide bonds. The summed E-state index contributed by atoms with van der Waals surface area (Å²) < 4.78 is 16.0. The molecular formula is C23H34FN3O2. The van der Waals surface area contributed by atoms with Gasteiger partial charge in [-0.3, -0.25) is 0 Å². The van der Waals surface area contributed by atoms with E-state index in [-0.39, 0.29) is 25.3 Å². The molecule has 3 fully saturated rings. The number of nitrogens with zero attached hydrogens (tertiary/aromatic N) is 2. The zero-order chi connectivity index (χ0) is 20.6. The summed E-state index contributed by atoms with van der Waals surface area (Å²) in [5.74, 6) is 0.683. The summed E-state index contributed by atoms with van der Waals surface area (Å²) >= 11 is 0. The third-order valence-electron chi connectivity index (χ3n) is 7.60. The number of hydrogen-bond acceptors (Lipinski definition) is 3. The molecule has 5 nitrogen and oxygen atoms in total. The molecule has 0 bridgehead atoms. The Labute approximate surface area is 173 Å². The van der Waals surface area contributed by atoms with E-state index in [1.807, 2.05) is 13.0 Å². The molecule has 29 heavy (non-hydrogen) atoms. The van der Waals surface area contributed by atoms with Gasteiger partial charge in [-0.25, -0.2) is 9.18 Å². The third kappa shape index (κ3) is 4.29. The Kier molecular flexibility index (Phi) is 5.60. The number of piperidine rings is 2. The van der Waals surface area contributed by atoms with E-state index in [4.69, 9.17) is 0 Å².